The van der Waals surface area contributed by atoms with E-state index in [1.165, 1.54) is 12.1 Å². The Labute approximate surface area is 134 Å². The van der Waals surface area contributed by atoms with Crippen LogP contribution in [0.3, 0.4) is 0 Å². The third kappa shape index (κ3) is 4.07. The minimum Gasteiger partial charge on any atom is -0.450 e. The molecule has 0 heterocycles. The summed E-state index contributed by atoms with van der Waals surface area (Å²) in [6.45, 7) is 4.12. The molecular weight excluding hydrogens is 318 g/mol. The first kappa shape index (κ1) is 17.0. The second-order valence-corrected chi connectivity index (χ2v) is 7.50. The lowest BCUT2D eigenvalue weighted by atomic mass is 10.0. The maximum absolute atomic E-state index is 11.5. The molecule has 7 heteroatoms. The minimum atomic E-state index is -3.52. The van der Waals surface area contributed by atoms with Crippen molar-refractivity contribution in [2.24, 2.45) is 0 Å². The van der Waals surface area contributed by atoms with Crippen LogP contribution >= 0.6 is 0 Å². The first-order chi connectivity index (χ1) is 10.7. The van der Waals surface area contributed by atoms with Crippen molar-refractivity contribution in [1.82, 2.24) is 0 Å². The standard InChI is InChI=1S/C16H17NO5S/c1-11(2)12-4-6-13(7-5-12)22-16-9-8-14(23(3,20)21)10-15(16)17(18)19/h4-11H,1-3H3. The van der Waals surface area contributed by atoms with Gasteiger partial charge in [-0.25, -0.2) is 8.42 Å². The minimum absolute atomic E-state index is 0.000281. The Bertz CT molecular complexity index is 826. The summed E-state index contributed by atoms with van der Waals surface area (Å²) in [4.78, 5) is 10.4. The van der Waals surface area contributed by atoms with Gasteiger partial charge in [-0.05, 0) is 35.7 Å². The van der Waals surface area contributed by atoms with Crippen LogP contribution in [0.4, 0.5) is 5.69 Å². The first-order valence-corrected chi connectivity index (χ1v) is 8.84. The van der Waals surface area contributed by atoms with Crippen molar-refractivity contribution < 1.29 is 18.1 Å². The highest BCUT2D eigenvalue weighted by Crippen LogP contribution is 2.33. The van der Waals surface area contributed by atoms with Crippen LogP contribution in [0.5, 0.6) is 11.5 Å². The lowest BCUT2D eigenvalue weighted by molar-refractivity contribution is -0.385. The molecule has 0 aromatic heterocycles. The van der Waals surface area contributed by atoms with Gasteiger partial charge in [0, 0.05) is 12.3 Å². The molecule has 0 bridgehead atoms. The van der Waals surface area contributed by atoms with Crippen LogP contribution in [-0.2, 0) is 9.84 Å². The predicted octanol–water partition coefficient (Wildman–Crippen LogP) is 3.91. The lowest BCUT2D eigenvalue weighted by Gasteiger charge is -2.09. The lowest BCUT2D eigenvalue weighted by Crippen LogP contribution is -2.00. The molecule has 6 nitrogen and oxygen atoms in total. The predicted molar refractivity (Wildman–Crippen MR) is 86.8 cm³/mol. The molecule has 122 valence electrons. The Morgan fingerprint density at radius 1 is 1.09 bits per heavy atom. The maximum atomic E-state index is 11.5. The van der Waals surface area contributed by atoms with E-state index in [1.54, 1.807) is 12.1 Å². The molecule has 0 saturated carbocycles. The molecule has 0 saturated heterocycles. The molecular formula is C16H17NO5S. The van der Waals surface area contributed by atoms with E-state index in [9.17, 15) is 18.5 Å². The Hall–Kier alpha value is -2.41. The number of nitrogens with zero attached hydrogens (tertiary/aromatic N) is 1. The number of hydrogen-bond donors (Lipinski definition) is 0. The van der Waals surface area contributed by atoms with Gasteiger partial charge >= 0.3 is 5.69 Å². The molecule has 0 aliphatic carbocycles. The Balaban J connectivity index is 2.37. The second kappa shape index (κ2) is 6.37. The van der Waals surface area contributed by atoms with E-state index >= 15 is 0 Å². The smallest absolute Gasteiger partial charge is 0.312 e. The van der Waals surface area contributed by atoms with E-state index in [1.807, 2.05) is 12.1 Å². The van der Waals surface area contributed by atoms with Crippen LogP contribution in [0.15, 0.2) is 47.4 Å². The number of nitro benzene ring substituents is 1. The third-order valence-corrected chi connectivity index (χ3v) is 4.44. The summed E-state index contributed by atoms with van der Waals surface area (Å²) in [7, 11) is -3.52. The van der Waals surface area contributed by atoms with Crippen molar-refractivity contribution in [3.63, 3.8) is 0 Å². The molecule has 2 rings (SSSR count). The first-order valence-electron chi connectivity index (χ1n) is 6.95. The van der Waals surface area contributed by atoms with Crippen molar-refractivity contribution in [3.05, 3.63) is 58.1 Å². The van der Waals surface area contributed by atoms with Gasteiger partial charge in [-0.1, -0.05) is 26.0 Å². The fourth-order valence-electron chi connectivity index (χ4n) is 2.00. The SMILES string of the molecule is CC(C)c1ccc(Oc2ccc(S(C)(=O)=O)cc2[N+](=O)[O-])cc1. The van der Waals surface area contributed by atoms with Crippen molar-refractivity contribution in [3.8, 4) is 11.5 Å². The van der Waals surface area contributed by atoms with Crippen molar-refractivity contribution in [2.45, 2.75) is 24.7 Å². The van der Waals surface area contributed by atoms with E-state index < -0.39 is 14.8 Å². The molecule has 2 aromatic carbocycles. The van der Waals surface area contributed by atoms with Gasteiger partial charge < -0.3 is 4.74 Å². The zero-order valence-electron chi connectivity index (χ0n) is 13.0. The highest BCUT2D eigenvalue weighted by molar-refractivity contribution is 7.90. The second-order valence-electron chi connectivity index (χ2n) is 5.48. The van der Waals surface area contributed by atoms with Crippen LogP contribution in [-0.4, -0.2) is 19.6 Å². The number of nitro groups is 1. The van der Waals surface area contributed by atoms with E-state index in [2.05, 4.69) is 13.8 Å². The molecule has 2 aromatic rings. The van der Waals surface area contributed by atoms with Crippen LogP contribution in [0.2, 0.25) is 0 Å². The zero-order chi connectivity index (χ0) is 17.2. The number of hydrogen-bond acceptors (Lipinski definition) is 5. The number of sulfone groups is 1. The molecule has 23 heavy (non-hydrogen) atoms. The Kier molecular flexibility index (Phi) is 4.70. The Morgan fingerprint density at radius 3 is 2.17 bits per heavy atom. The molecule has 0 aliphatic rings. The van der Waals surface area contributed by atoms with E-state index in [0.29, 0.717) is 11.7 Å². The van der Waals surface area contributed by atoms with Crippen LogP contribution in [0, 0.1) is 10.1 Å². The van der Waals surface area contributed by atoms with Crippen LogP contribution in [0.1, 0.15) is 25.3 Å². The summed E-state index contributed by atoms with van der Waals surface area (Å²) >= 11 is 0. The normalized spacial score (nSPS) is 11.5. The van der Waals surface area contributed by atoms with E-state index in [-0.39, 0.29) is 16.3 Å². The van der Waals surface area contributed by atoms with E-state index in [4.69, 9.17) is 4.74 Å². The van der Waals surface area contributed by atoms with Gasteiger partial charge in [0.05, 0.1) is 9.82 Å². The monoisotopic (exact) mass is 335 g/mol. The van der Waals surface area contributed by atoms with Gasteiger partial charge in [-0.3, -0.25) is 10.1 Å². The van der Waals surface area contributed by atoms with Gasteiger partial charge in [-0.15, -0.1) is 0 Å². The molecule has 0 amide bonds. The third-order valence-electron chi connectivity index (χ3n) is 3.33. The summed E-state index contributed by atoms with van der Waals surface area (Å²) in [6.07, 6.45) is 0.997. The zero-order valence-corrected chi connectivity index (χ0v) is 13.8. The van der Waals surface area contributed by atoms with Crippen LogP contribution in [0.25, 0.3) is 0 Å². The molecule has 0 radical (unpaired) electrons. The van der Waals surface area contributed by atoms with Gasteiger partial charge in [0.2, 0.25) is 5.75 Å². The molecule has 0 unspecified atom stereocenters. The number of ether oxygens (including phenoxy) is 1. The maximum Gasteiger partial charge on any atom is 0.312 e. The molecule has 0 atom stereocenters. The highest BCUT2D eigenvalue weighted by atomic mass is 32.2. The Morgan fingerprint density at radius 2 is 1.70 bits per heavy atom. The number of benzene rings is 2. The van der Waals surface area contributed by atoms with Gasteiger partial charge in [0.1, 0.15) is 5.75 Å². The summed E-state index contributed by atoms with van der Waals surface area (Å²) in [5, 5.41) is 11.2. The molecule has 0 N–H and O–H groups in total. The fraction of sp³-hybridized carbons (Fsp3) is 0.250. The van der Waals surface area contributed by atoms with Crippen LogP contribution < -0.4 is 4.74 Å². The quantitative estimate of drug-likeness (QED) is 0.610. The van der Waals surface area contributed by atoms with Gasteiger partial charge in [0.25, 0.3) is 0 Å². The summed E-state index contributed by atoms with van der Waals surface area (Å²) in [5.41, 5.74) is 0.736. The highest BCUT2D eigenvalue weighted by Gasteiger charge is 2.20. The van der Waals surface area contributed by atoms with Gasteiger partial charge in [0.15, 0.2) is 9.84 Å². The molecule has 0 fully saturated rings. The van der Waals surface area contributed by atoms with Gasteiger partial charge in [-0.2, -0.15) is 0 Å². The average molecular weight is 335 g/mol. The summed E-state index contributed by atoms with van der Waals surface area (Å²) in [5.74, 6) is 0.816. The molecule has 0 spiro atoms. The fourth-order valence-corrected chi connectivity index (χ4v) is 2.65. The van der Waals surface area contributed by atoms with Crippen molar-refractivity contribution >= 4 is 15.5 Å². The number of rotatable bonds is 5. The largest absolute Gasteiger partial charge is 0.450 e. The van der Waals surface area contributed by atoms with E-state index in [0.717, 1.165) is 17.9 Å². The van der Waals surface area contributed by atoms with Crippen molar-refractivity contribution in [2.75, 3.05) is 6.26 Å². The topological polar surface area (TPSA) is 86.5 Å². The average Bonchev–Trinajstić information content (AvgIpc) is 2.46. The summed E-state index contributed by atoms with van der Waals surface area (Å²) in [6, 6.07) is 10.8. The summed E-state index contributed by atoms with van der Waals surface area (Å²) < 4.78 is 28.6. The molecule has 0 aliphatic heterocycles. The van der Waals surface area contributed by atoms with Crippen molar-refractivity contribution in [1.29, 1.82) is 0 Å².